The van der Waals surface area contributed by atoms with Crippen molar-refractivity contribution in [1.82, 2.24) is 20.3 Å². The Morgan fingerprint density at radius 1 is 1.20 bits per heavy atom. The van der Waals surface area contributed by atoms with Gasteiger partial charge in [-0.3, -0.25) is 4.79 Å². The van der Waals surface area contributed by atoms with Gasteiger partial charge in [0.2, 0.25) is 0 Å². The van der Waals surface area contributed by atoms with Gasteiger partial charge in [0.15, 0.2) is 0 Å². The summed E-state index contributed by atoms with van der Waals surface area (Å²) in [7, 11) is 0. The van der Waals surface area contributed by atoms with Crippen LogP contribution in [-0.4, -0.2) is 40.5 Å². The van der Waals surface area contributed by atoms with E-state index in [4.69, 9.17) is 0 Å². The number of aromatic amines is 1. The fourth-order valence-electron chi connectivity index (χ4n) is 3.33. The second-order valence-corrected chi connectivity index (χ2v) is 6.32. The minimum Gasteiger partial charge on any atom is -0.361 e. The molecule has 1 saturated heterocycles. The van der Waals surface area contributed by atoms with Gasteiger partial charge in [0.05, 0.1) is 0 Å². The number of para-hydroxylation sites is 1. The lowest BCUT2D eigenvalue weighted by atomic mass is 10.1. The Labute approximate surface area is 146 Å². The fraction of sp³-hybridized carbons (Fsp3) is 0.316. The smallest absolute Gasteiger partial charge is 0.270 e. The molecule has 128 valence electrons. The number of aromatic nitrogens is 3. The Kier molecular flexibility index (Phi) is 4.33. The van der Waals surface area contributed by atoms with E-state index >= 15 is 0 Å². The first kappa shape index (κ1) is 15.6. The van der Waals surface area contributed by atoms with Gasteiger partial charge in [0.25, 0.3) is 5.91 Å². The molecule has 1 fully saturated rings. The Morgan fingerprint density at radius 3 is 2.92 bits per heavy atom. The highest BCUT2D eigenvalue weighted by atomic mass is 16.1. The molecule has 1 aliphatic rings. The van der Waals surface area contributed by atoms with Crippen molar-refractivity contribution in [2.75, 3.05) is 24.5 Å². The van der Waals surface area contributed by atoms with Crippen molar-refractivity contribution < 1.29 is 4.79 Å². The third kappa shape index (κ3) is 3.33. The van der Waals surface area contributed by atoms with Crippen molar-refractivity contribution in [2.24, 2.45) is 0 Å². The predicted molar refractivity (Wildman–Crippen MR) is 97.8 cm³/mol. The van der Waals surface area contributed by atoms with Gasteiger partial charge in [-0.05, 0) is 30.9 Å². The molecule has 3 aromatic rings. The number of H-pyrrole nitrogens is 1. The number of carbonyl (C=O) groups is 1. The van der Waals surface area contributed by atoms with E-state index in [2.05, 4.69) is 37.3 Å². The molecule has 3 heterocycles. The first-order valence-corrected chi connectivity index (χ1v) is 8.71. The van der Waals surface area contributed by atoms with Gasteiger partial charge in [-0.2, -0.15) is 0 Å². The number of hydrogen-bond donors (Lipinski definition) is 2. The number of nitrogens with zero attached hydrogens (tertiary/aromatic N) is 3. The molecule has 1 amide bonds. The van der Waals surface area contributed by atoms with E-state index in [1.165, 1.54) is 30.1 Å². The highest BCUT2D eigenvalue weighted by molar-refractivity contribution is 5.93. The summed E-state index contributed by atoms with van der Waals surface area (Å²) in [5.41, 5.74) is 2.75. The van der Waals surface area contributed by atoms with Gasteiger partial charge in [-0.1, -0.05) is 18.2 Å². The molecule has 2 N–H and O–H groups in total. The molecule has 1 aliphatic heterocycles. The van der Waals surface area contributed by atoms with Crippen LogP contribution in [0.3, 0.4) is 0 Å². The molecule has 25 heavy (non-hydrogen) atoms. The second-order valence-electron chi connectivity index (χ2n) is 6.32. The third-order valence-electron chi connectivity index (χ3n) is 4.67. The largest absolute Gasteiger partial charge is 0.361 e. The molecule has 0 atom stereocenters. The van der Waals surface area contributed by atoms with Crippen molar-refractivity contribution >= 4 is 22.6 Å². The molecule has 0 radical (unpaired) electrons. The molecule has 1 aromatic carbocycles. The first-order chi connectivity index (χ1) is 12.3. The van der Waals surface area contributed by atoms with Gasteiger partial charge in [-0.15, -0.1) is 0 Å². The summed E-state index contributed by atoms with van der Waals surface area (Å²) in [5.74, 6) is 0.692. The molecular weight excluding hydrogens is 314 g/mol. The summed E-state index contributed by atoms with van der Waals surface area (Å²) < 4.78 is 0. The minimum atomic E-state index is -0.150. The lowest BCUT2D eigenvalue weighted by molar-refractivity contribution is 0.0949. The van der Waals surface area contributed by atoms with Gasteiger partial charge >= 0.3 is 0 Å². The van der Waals surface area contributed by atoms with Crippen LogP contribution in [0.4, 0.5) is 5.82 Å². The average Bonchev–Trinajstić information content (AvgIpc) is 3.32. The van der Waals surface area contributed by atoms with Crippen LogP contribution in [0.2, 0.25) is 0 Å². The molecule has 0 spiro atoms. The summed E-state index contributed by atoms with van der Waals surface area (Å²) in [4.78, 5) is 26.2. The zero-order valence-electron chi connectivity index (χ0n) is 14.0. The minimum absolute atomic E-state index is 0.150. The van der Waals surface area contributed by atoms with Gasteiger partial charge in [-0.25, -0.2) is 9.97 Å². The van der Waals surface area contributed by atoms with E-state index in [-0.39, 0.29) is 5.91 Å². The van der Waals surface area contributed by atoms with E-state index in [1.807, 2.05) is 18.3 Å². The fourth-order valence-corrected chi connectivity index (χ4v) is 3.33. The summed E-state index contributed by atoms with van der Waals surface area (Å²) >= 11 is 0. The topological polar surface area (TPSA) is 73.9 Å². The molecule has 2 aromatic heterocycles. The molecule has 4 rings (SSSR count). The van der Waals surface area contributed by atoms with E-state index in [1.54, 1.807) is 6.07 Å². The third-order valence-corrected chi connectivity index (χ3v) is 4.67. The van der Waals surface area contributed by atoms with Crippen LogP contribution in [0, 0.1) is 0 Å². The normalized spacial score (nSPS) is 14.2. The SMILES string of the molecule is O=C(NCCc1c[nH]c2ccccc12)c1cc(N2CCCC2)ncn1. The van der Waals surface area contributed by atoms with Crippen molar-refractivity contribution in [2.45, 2.75) is 19.3 Å². The van der Waals surface area contributed by atoms with Crippen LogP contribution in [0.25, 0.3) is 10.9 Å². The van der Waals surface area contributed by atoms with Crippen LogP contribution in [0.5, 0.6) is 0 Å². The van der Waals surface area contributed by atoms with Crippen molar-refractivity contribution in [3.8, 4) is 0 Å². The lowest BCUT2D eigenvalue weighted by Crippen LogP contribution is -2.27. The Morgan fingerprint density at radius 2 is 2.04 bits per heavy atom. The second kappa shape index (κ2) is 6.93. The molecular formula is C19H21N5O. The number of amides is 1. The van der Waals surface area contributed by atoms with Gasteiger partial charge in [0, 0.05) is 42.8 Å². The standard InChI is InChI=1S/C19H21N5O/c25-19(17-11-18(23-13-22-17)24-9-3-4-10-24)20-8-7-14-12-21-16-6-2-1-5-15(14)16/h1-2,5-6,11-13,21H,3-4,7-10H2,(H,20,25). The first-order valence-electron chi connectivity index (χ1n) is 8.71. The van der Waals surface area contributed by atoms with Crippen molar-refractivity contribution in [3.05, 3.63) is 54.1 Å². The number of benzene rings is 1. The Balaban J connectivity index is 1.38. The summed E-state index contributed by atoms with van der Waals surface area (Å²) in [5, 5.41) is 4.16. The summed E-state index contributed by atoms with van der Waals surface area (Å²) in [6.45, 7) is 2.57. The zero-order valence-corrected chi connectivity index (χ0v) is 14.0. The number of hydrogen-bond acceptors (Lipinski definition) is 4. The van der Waals surface area contributed by atoms with E-state index < -0.39 is 0 Å². The maximum Gasteiger partial charge on any atom is 0.270 e. The van der Waals surface area contributed by atoms with Crippen molar-refractivity contribution in [1.29, 1.82) is 0 Å². The van der Waals surface area contributed by atoms with Gasteiger partial charge in [0.1, 0.15) is 17.8 Å². The monoisotopic (exact) mass is 335 g/mol. The highest BCUT2D eigenvalue weighted by Crippen LogP contribution is 2.18. The average molecular weight is 335 g/mol. The van der Waals surface area contributed by atoms with Crippen LogP contribution < -0.4 is 10.2 Å². The Bertz CT molecular complexity index is 882. The molecule has 0 saturated carbocycles. The number of anilines is 1. The zero-order chi connectivity index (χ0) is 17.1. The van der Waals surface area contributed by atoms with Crippen LogP contribution in [0.1, 0.15) is 28.9 Å². The number of fused-ring (bicyclic) bond motifs is 1. The molecule has 0 unspecified atom stereocenters. The van der Waals surface area contributed by atoms with E-state index in [0.29, 0.717) is 12.2 Å². The number of rotatable bonds is 5. The molecule has 6 heteroatoms. The predicted octanol–water partition coefficient (Wildman–Crippen LogP) is 2.53. The van der Waals surface area contributed by atoms with Gasteiger partial charge < -0.3 is 15.2 Å². The van der Waals surface area contributed by atoms with Crippen molar-refractivity contribution in [3.63, 3.8) is 0 Å². The highest BCUT2D eigenvalue weighted by Gasteiger charge is 2.16. The van der Waals surface area contributed by atoms with E-state index in [9.17, 15) is 4.79 Å². The summed E-state index contributed by atoms with van der Waals surface area (Å²) in [6.07, 6.45) is 6.61. The quantitative estimate of drug-likeness (QED) is 0.751. The molecule has 0 aliphatic carbocycles. The maximum atomic E-state index is 12.4. The molecule has 6 nitrogen and oxygen atoms in total. The van der Waals surface area contributed by atoms with Crippen LogP contribution >= 0.6 is 0 Å². The molecule has 0 bridgehead atoms. The number of nitrogens with one attached hydrogen (secondary N) is 2. The van der Waals surface area contributed by atoms with E-state index in [0.717, 1.165) is 30.8 Å². The Hall–Kier alpha value is -2.89. The maximum absolute atomic E-state index is 12.4. The number of carbonyl (C=O) groups excluding carboxylic acids is 1. The van der Waals surface area contributed by atoms with Crippen LogP contribution in [-0.2, 0) is 6.42 Å². The van der Waals surface area contributed by atoms with Crippen LogP contribution in [0.15, 0.2) is 42.9 Å². The lowest BCUT2D eigenvalue weighted by Gasteiger charge is -2.16. The summed E-state index contributed by atoms with van der Waals surface area (Å²) in [6, 6.07) is 9.97.